The van der Waals surface area contributed by atoms with E-state index in [2.05, 4.69) is 20.8 Å². The topological polar surface area (TPSA) is 96.4 Å². The van der Waals surface area contributed by atoms with Crippen LogP contribution in [0.4, 0.5) is 15.6 Å². The van der Waals surface area contributed by atoms with Gasteiger partial charge in [-0.05, 0) is 24.3 Å². The van der Waals surface area contributed by atoms with Crippen LogP contribution in [0.1, 0.15) is 5.01 Å². The molecule has 1 saturated heterocycles. The van der Waals surface area contributed by atoms with Crippen LogP contribution in [0.3, 0.4) is 0 Å². The summed E-state index contributed by atoms with van der Waals surface area (Å²) in [7, 11) is 0. The zero-order chi connectivity index (χ0) is 17.6. The van der Waals surface area contributed by atoms with Crippen molar-refractivity contribution in [1.29, 1.82) is 0 Å². The fourth-order valence-corrected chi connectivity index (χ4v) is 3.07. The number of anilines is 2. The second-order valence-corrected chi connectivity index (χ2v) is 6.76. The third-order valence-corrected chi connectivity index (χ3v) is 4.55. The number of aromatic nitrogens is 2. The molecule has 3 rings (SSSR count). The SMILES string of the molecule is O=C(Nc1ccc(Cl)cc1)Nc1nnc(CC(=O)N2CCOCC2)s1. The summed E-state index contributed by atoms with van der Waals surface area (Å²) in [6.45, 7) is 2.29. The van der Waals surface area contributed by atoms with E-state index in [9.17, 15) is 9.59 Å². The van der Waals surface area contributed by atoms with Crippen LogP contribution in [-0.4, -0.2) is 53.3 Å². The lowest BCUT2D eigenvalue weighted by molar-refractivity contribution is -0.134. The van der Waals surface area contributed by atoms with E-state index >= 15 is 0 Å². The van der Waals surface area contributed by atoms with E-state index in [1.165, 1.54) is 11.3 Å². The lowest BCUT2D eigenvalue weighted by Gasteiger charge is -2.26. The molecule has 10 heteroatoms. The minimum atomic E-state index is -0.440. The number of nitrogens with zero attached hydrogens (tertiary/aromatic N) is 3. The van der Waals surface area contributed by atoms with Crippen molar-refractivity contribution in [2.24, 2.45) is 0 Å². The van der Waals surface area contributed by atoms with Gasteiger partial charge in [-0.1, -0.05) is 22.9 Å². The van der Waals surface area contributed by atoms with Crippen molar-refractivity contribution >= 4 is 45.7 Å². The lowest BCUT2D eigenvalue weighted by atomic mass is 10.3. The van der Waals surface area contributed by atoms with E-state index in [0.717, 1.165) is 0 Å². The fourth-order valence-electron chi connectivity index (χ4n) is 2.22. The summed E-state index contributed by atoms with van der Waals surface area (Å²) in [5, 5.41) is 14.6. The quantitative estimate of drug-likeness (QED) is 0.846. The van der Waals surface area contributed by atoms with Crippen LogP contribution in [0.5, 0.6) is 0 Å². The van der Waals surface area contributed by atoms with Crippen molar-refractivity contribution in [2.75, 3.05) is 36.9 Å². The Morgan fingerprint density at radius 3 is 2.60 bits per heavy atom. The van der Waals surface area contributed by atoms with Crippen molar-refractivity contribution in [3.8, 4) is 0 Å². The molecule has 1 aliphatic rings. The number of benzene rings is 1. The highest BCUT2D eigenvalue weighted by Gasteiger charge is 2.19. The Morgan fingerprint density at radius 1 is 1.16 bits per heavy atom. The number of urea groups is 1. The first-order chi connectivity index (χ1) is 12.1. The molecule has 132 valence electrons. The maximum atomic E-state index is 12.2. The number of carbonyl (C=O) groups is 2. The molecule has 2 aromatic rings. The van der Waals surface area contributed by atoms with Gasteiger partial charge in [-0.15, -0.1) is 10.2 Å². The van der Waals surface area contributed by atoms with Crippen molar-refractivity contribution in [3.63, 3.8) is 0 Å². The van der Waals surface area contributed by atoms with Gasteiger partial charge in [-0.25, -0.2) is 4.79 Å². The molecule has 2 N–H and O–H groups in total. The number of hydrogen-bond donors (Lipinski definition) is 2. The molecule has 25 heavy (non-hydrogen) atoms. The molecule has 1 aromatic carbocycles. The first-order valence-electron chi connectivity index (χ1n) is 7.61. The zero-order valence-corrected chi connectivity index (χ0v) is 14.8. The van der Waals surface area contributed by atoms with E-state index in [0.29, 0.717) is 47.2 Å². The Morgan fingerprint density at radius 2 is 1.88 bits per heavy atom. The van der Waals surface area contributed by atoms with Gasteiger partial charge in [0.15, 0.2) is 0 Å². The summed E-state index contributed by atoms with van der Waals surface area (Å²) in [6, 6.07) is 6.29. The molecule has 2 heterocycles. The number of hydrogen-bond acceptors (Lipinski definition) is 6. The number of amides is 3. The van der Waals surface area contributed by atoms with Crippen LogP contribution in [0.2, 0.25) is 5.02 Å². The molecule has 1 aromatic heterocycles. The molecule has 0 bridgehead atoms. The lowest BCUT2D eigenvalue weighted by Crippen LogP contribution is -2.41. The number of halogens is 1. The average Bonchev–Trinajstić information content (AvgIpc) is 3.04. The molecule has 0 spiro atoms. The normalized spacial score (nSPS) is 14.2. The van der Waals surface area contributed by atoms with Crippen LogP contribution in [0.25, 0.3) is 0 Å². The Balaban J connectivity index is 1.51. The first kappa shape index (κ1) is 17.6. The molecular weight excluding hydrogens is 366 g/mol. The second-order valence-electron chi connectivity index (χ2n) is 5.26. The minimum Gasteiger partial charge on any atom is -0.378 e. The predicted molar refractivity (Wildman–Crippen MR) is 95.1 cm³/mol. The molecule has 0 atom stereocenters. The summed E-state index contributed by atoms with van der Waals surface area (Å²) in [5.41, 5.74) is 0.606. The van der Waals surface area contributed by atoms with E-state index in [1.54, 1.807) is 29.2 Å². The third kappa shape index (κ3) is 5.12. The molecule has 0 saturated carbocycles. The molecule has 0 aliphatic carbocycles. The molecule has 3 amide bonds. The fraction of sp³-hybridized carbons (Fsp3) is 0.333. The number of ether oxygens (including phenoxy) is 1. The van der Waals surface area contributed by atoms with Crippen molar-refractivity contribution < 1.29 is 14.3 Å². The van der Waals surface area contributed by atoms with Gasteiger partial charge >= 0.3 is 6.03 Å². The van der Waals surface area contributed by atoms with Gasteiger partial charge in [0.05, 0.1) is 19.6 Å². The van der Waals surface area contributed by atoms with Crippen LogP contribution in [-0.2, 0) is 16.0 Å². The van der Waals surface area contributed by atoms with Crippen LogP contribution < -0.4 is 10.6 Å². The molecule has 1 aliphatic heterocycles. The average molecular weight is 382 g/mol. The summed E-state index contributed by atoms with van der Waals surface area (Å²) >= 11 is 6.97. The van der Waals surface area contributed by atoms with E-state index in [1.807, 2.05) is 0 Å². The van der Waals surface area contributed by atoms with E-state index in [-0.39, 0.29) is 12.3 Å². The Bertz CT molecular complexity index is 746. The molecule has 8 nitrogen and oxygen atoms in total. The molecular formula is C15H16ClN5O3S. The molecule has 0 unspecified atom stereocenters. The van der Waals surface area contributed by atoms with Gasteiger partial charge in [0, 0.05) is 23.8 Å². The zero-order valence-electron chi connectivity index (χ0n) is 13.2. The van der Waals surface area contributed by atoms with Gasteiger partial charge in [0.1, 0.15) is 5.01 Å². The predicted octanol–water partition coefficient (Wildman–Crippen LogP) is 2.24. The van der Waals surface area contributed by atoms with Crippen LogP contribution in [0, 0.1) is 0 Å². The van der Waals surface area contributed by atoms with E-state index < -0.39 is 6.03 Å². The van der Waals surface area contributed by atoms with E-state index in [4.69, 9.17) is 16.3 Å². The maximum Gasteiger partial charge on any atom is 0.325 e. The molecule has 0 radical (unpaired) electrons. The Labute approximate surface area is 153 Å². The van der Waals surface area contributed by atoms with Crippen molar-refractivity contribution in [1.82, 2.24) is 15.1 Å². The molecule has 1 fully saturated rings. The number of rotatable bonds is 4. The number of nitrogens with one attached hydrogen (secondary N) is 2. The van der Waals surface area contributed by atoms with Crippen molar-refractivity contribution in [3.05, 3.63) is 34.3 Å². The summed E-state index contributed by atoms with van der Waals surface area (Å²) in [6.07, 6.45) is 0.165. The highest BCUT2D eigenvalue weighted by atomic mass is 35.5. The summed E-state index contributed by atoms with van der Waals surface area (Å²) in [4.78, 5) is 25.8. The second kappa shape index (κ2) is 8.24. The Hall–Kier alpha value is -2.23. The summed E-state index contributed by atoms with van der Waals surface area (Å²) < 4.78 is 5.22. The monoisotopic (exact) mass is 381 g/mol. The van der Waals surface area contributed by atoms with Crippen LogP contribution >= 0.6 is 22.9 Å². The highest BCUT2D eigenvalue weighted by molar-refractivity contribution is 7.15. The van der Waals surface area contributed by atoms with Gasteiger partial charge in [0.25, 0.3) is 0 Å². The minimum absolute atomic E-state index is 0.0170. The third-order valence-electron chi connectivity index (χ3n) is 3.46. The number of carbonyl (C=O) groups excluding carboxylic acids is 2. The summed E-state index contributed by atoms with van der Waals surface area (Å²) in [5.74, 6) is -0.0170. The maximum absolute atomic E-state index is 12.2. The largest absolute Gasteiger partial charge is 0.378 e. The van der Waals surface area contributed by atoms with Gasteiger partial charge in [0.2, 0.25) is 11.0 Å². The van der Waals surface area contributed by atoms with Crippen LogP contribution in [0.15, 0.2) is 24.3 Å². The first-order valence-corrected chi connectivity index (χ1v) is 8.81. The van der Waals surface area contributed by atoms with Gasteiger partial charge < -0.3 is 15.0 Å². The number of morpholine rings is 1. The van der Waals surface area contributed by atoms with Crippen molar-refractivity contribution in [2.45, 2.75) is 6.42 Å². The smallest absolute Gasteiger partial charge is 0.325 e. The van der Waals surface area contributed by atoms with Gasteiger partial charge in [-0.2, -0.15) is 0 Å². The standard InChI is InChI=1S/C15H16ClN5O3S/c16-10-1-3-11(4-2-10)17-14(23)18-15-20-19-12(25-15)9-13(22)21-5-7-24-8-6-21/h1-4H,5-9H2,(H2,17,18,20,23). The Kier molecular flexibility index (Phi) is 5.79. The highest BCUT2D eigenvalue weighted by Crippen LogP contribution is 2.18. The van der Waals surface area contributed by atoms with Gasteiger partial charge in [-0.3, -0.25) is 10.1 Å².